The lowest BCUT2D eigenvalue weighted by Crippen LogP contribution is -2.38. The zero-order valence-corrected chi connectivity index (χ0v) is 17.3. The summed E-state index contributed by atoms with van der Waals surface area (Å²) < 4.78 is 10.7. The maximum atomic E-state index is 12.3. The van der Waals surface area contributed by atoms with Crippen molar-refractivity contribution < 1.29 is 14.3 Å². The summed E-state index contributed by atoms with van der Waals surface area (Å²) in [7, 11) is 0. The molecular weight excluding hydrogens is 374 g/mol. The largest absolute Gasteiger partial charge is 0.454 e. The van der Waals surface area contributed by atoms with E-state index >= 15 is 0 Å². The molecule has 2 atom stereocenters. The van der Waals surface area contributed by atoms with Gasteiger partial charge in [-0.15, -0.1) is 11.3 Å². The number of nitrogens with zero attached hydrogens (tertiary/aromatic N) is 2. The molecule has 0 unspecified atom stereocenters. The van der Waals surface area contributed by atoms with Crippen LogP contribution < -0.4 is 14.8 Å². The van der Waals surface area contributed by atoms with E-state index in [0.717, 1.165) is 54.2 Å². The number of thiazole rings is 1. The molecule has 0 spiro atoms. The highest BCUT2D eigenvalue weighted by molar-refractivity contribution is 7.13. The summed E-state index contributed by atoms with van der Waals surface area (Å²) in [5.41, 5.74) is 2.10. The van der Waals surface area contributed by atoms with Gasteiger partial charge in [0.1, 0.15) is 0 Å². The van der Waals surface area contributed by atoms with Gasteiger partial charge in [0.05, 0.1) is 5.69 Å². The number of nitrogens with one attached hydrogen (secondary N) is 1. The molecule has 1 aromatic heterocycles. The molecule has 0 aliphatic carbocycles. The molecule has 150 valence electrons. The van der Waals surface area contributed by atoms with Crippen molar-refractivity contribution in [2.24, 2.45) is 11.8 Å². The molecule has 2 aromatic rings. The third kappa shape index (κ3) is 4.83. The minimum absolute atomic E-state index is 0.0150. The molecule has 1 saturated heterocycles. The first-order valence-electron chi connectivity index (χ1n) is 9.90. The highest BCUT2D eigenvalue weighted by atomic mass is 32.1. The molecule has 7 heteroatoms. The molecule has 1 N–H and O–H groups in total. The van der Waals surface area contributed by atoms with Gasteiger partial charge in [0.25, 0.3) is 0 Å². The number of carbonyl (C=O) groups is 1. The van der Waals surface area contributed by atoms with Gasteiger partial charge in [-0.05, 0) is 42.4 Å². The van der Waals surface area contributed by atoms with Gasteiger partial charge in [0, 0.05) is 31.4 Å². The minimum atomic E-state index is -0.0150. The van der Waals surface area contributed by atoms with Crippen LogP contribution in [0.4, 0.5) is 5.13 Å². The SMILES string of the molecule is C[C@@H]1C[C@@H](C)CN(Cc2csc(NC(=O)CCc3ccc4c(c3)OCO4)n2)C1. The number of rotatable bonds is 6. The Balaban J connectivity index is 1.26. The predicted octanol–water partition coefficient (Wildman–Crippen LogP) is 3.92. The zero-order valence-electron chi connectivity index (χ0n) is 16.4. The van der Waals surface area contributed by atoms with Crippen molar-refractivity contribution in [1.82, 2.24) is 9.88 Å². The lowest BCUT2D eigenvalue weighted by molar-refractivity contribution is -0.116. The molecule has 3 heterocycles. The van der Waals surface area contributed by atoms with E-state index in [9.17, 15) is 4.79 Å². The van der Waals surface area contributed by atoms with E-state index in [1.807, 2.05) is 18.2 Å². The Morgan fingerprint density at radius 1 is 1.25 bits per heavy atom. The van der Waals surface area contributed by atoms with E-state index in [0.29, 0.717) is 18.0 Å². The fraction of sp³-hybridized carbons (Fsp3) is 0.524. The Hall–Kier alpha value is -2.12. The first kappa shape index (κ1) is 19.2. The Morgan fingerprint density at radius 3 is 2.86 bits per heavy atom. The quantitative estimate of drug-likeness (QED) is 0.795. The van der Waals surface area contributed by atoms with Crippen molar-refractivity contribution in [3.8, 4) is 11.5 Å². The van der Waals surface area contributed by atoms with Crippen LogP contribution in [0.15, 0.2) is 23.6 Å². The number of aromatic nitrogens is 1. The molecule has 28 heavy (non-hydrogen) atoms. The van der Waals surface area contributed by atoms with Gasteiger partial charge in [-0.2, -0.15) is 0 Å². The van der Waals surface area contributed by atoms with Crippen LogP contribution in [0, 0.1) is 11.8 Å². The molecule has 2 aliphatic rings. The monoisotopic (exact) mass is 401 g/mol. The van der Waals surface area contributed by atoms with Gasteiger partial charge < -0.3 is 14.8 Å². The van der Waals surface area contributed by atoms with Crippen LogP contribution in [0.5, 0.6) is 11.5 Å². The summed E-state index contributed by atoms with van der Waals surface area (Å²) in [6.07, 6.45) is 2.37. The number of ether oxygens (including phenoxy) is 2. The molecule has 4 rings (SSSR count). The molecule has 1 aromatic carbocycles. The fourth-order valence-corrected chi connectivity index (χ4v) is 4.84. The van der Waals surface area contributed by atoms with E-state index < -0.39 is 0 Å². The highest BCUT2D eigenvalue weighted by Gasteiger charge is 2.22. The second-order valence-electron chi connectivity index (χ2n) is 8.02. The molecular formula is C21H27N3O3S. The molecule has 6 nitrogen and oxygen atoms in total. The number of likely N-dealkylation sites (tertiary alicyclic amines) is 1. The normalized spacial score (nSPS) is 21.6. The lowest BCUT2D eigenvalue weighted by Gasteiger charge is -2.34. The lowest BCUT2D eigenvalue weighted by atomic mass is 9.92. The molecule has 0 radical (unpaired) electrons. The van der Waals surface area contributed by atoms with Crippen LogP contribution in [-0.2, 0) is 17.8 Å². The molecule has 1 fully saturated rings. The Labute approximate surface area is 169 Å². The van der Waals surface area contributed by atoms with Crippen LogP contribution in [0.1, 0.15) is 37.9 Å². The van der Waals surface area contributed by atoms with Gasteiger partial charge in [-0.3, -0.25) is 9.69 Å². The second-order valence-corrected chi connectivity index (χ2v) is 8.88. The Kier molecular flexibility index (Phi) is 5.82. The van der Waals surface area contributed by atoms with E-state index in [2.05, 4.69) is 34.4 Å². The van der Waals surface area contributed by atoms with Crippen molar-refractivity contribution in [2.45, 2.75) is 39.7 Å². The molecule has 2 aliphatic heterocycles. The van der Waals surface area contributed by atoms with E-state index in [1.165, 1.54) is 17.8 Å². The number of benzene rings is 1. The van der Waals surface area contributed by atoms with E-state index in [1.54, 1.807) is 0 Å². The number of fused-ring (bicyclic) bond motifs is 1. The molecule has 0 saturated carbocycles. The highest BCUT2D eigenvalue weighted by Crippen LogP contribution is 2.32. The average Bonchev–Trinajstić information content (AvgIpc) is 3.28. The van der Waals surface area contributed by atoms with Gasteiger partial charge in [0.2, 0.25) is 12.7 Å². The van der Waals surface area contributed by atoms with Crippen molar-refractivity contribution in [3.63, 3.8) is 0 Å². The minimum Gasteiger partial charge on any atom is -0.454 e. The Morgan fingerprint density at radius 2 is 2.04 bits per heavy atom. The third-order valence-electron chi connectivity index (χ3n) is 5.21. The summed E-state index contributed by atoms with van der Waals surface area (Å²) in [4.78, 5) is 19.4. The number of hydrogen-bond acceptors (Lipinski definition) is 6. The van der Waals surface area contributed by atoms with Crippen LogP contribution in [-0.4, -0.2) is 35.7 Å². The summed E-state index contributed by atoms with van der Waals surface area (Å²) in [6.45, 7) is 8.00. The standard InChI is InChI=1S/C21H27N3O3S/c1-14-7-15(2)10-24(9-14)11-17-12-28-21(22-17)23-20(25)6-4-16-3-5-18-19(8-16)27-13-26-18/h3,5,8,12,14-15H,4,6-7,9-11,13H2,1-2H3,(H,22,23,25)/t14-,15-/m1/s1. The maximum absolute atomic E-state index is 12.3. The van der Waals surface area contributed by atoms with E-state index in [-0.39, 0.29) is 12.7 Å². The first-order chi connectivity index (χ1) is 13.5. The fourth-order valence-electron chi connectivity index (χ4n) is 4.12. The summed E-state index contributed by atoms with van der Waals surface area (Å²) in [5, 5.41) is 5.67. The third-order valence-corrected chi connectivity index (χ3v) is 6.01. The Bertz CT molecular complexity index is 828. The smallest absolute Gasteiger partial charge is 0.231 e. The number of hydrogen-bond donors (Lipinski definition) is 1. The number of piperidine rings is 1. The van der Waals surface area contributed by atoms with Crippen molar-refractivity contribution in [1.29, 1.82) is 0 Å². The van der Waals surface area contributed by atoms with Gasteiger partial charge >= 0.3 is 0 Å². The van der Waals surface area contributed by atoms with Crippen molar-refractivity contribution in [2.75, 3.05) is 25.2 Å². The summed E-state index contributed by atoms with van der Waals surface area (Å²) in [5.74, 6) is 2.97. The van der Waals surface area contributed by atoms with Gasteiger partial charge in [-0.25, -0.2) is 4.98 Å². The maximum Gasteiger partial charge on any atom is 0.231 e. The van der Waals surface area contributed by atoms with E-state index in [4.69, 9.17) is 9.47 Å². The predicted molar refractivity (Wildman–Crippen MR) is 110 cm³/mol. The number of amides is 1. The van der Waals surface area contributed by atoms with Crippen molar-refractivity contribution in [3.05, 3.63) is 34.8 Å². The number of aryl methyl sites for hydroxylation is 1. The molecule has 0 bridgehead atoms. The first-order valence-corrected chi connectivity index (χ1v) is 10.8. The van der Waals surface area contributed by atoms with Crippen LogP contribution >= 0.6 is 11.3 Å². The van der Waals surface area contributed by atoms with Crippen LogP contribution in [0.25, 0.3) is 0 Å². The number of anilines is 1. The summed E-state index contributed by atoms with van der Waals surface area (Å²) >= 11 is 1.50. The van der Waals surface area contributed by atoms with Crippen LogP contribution in [0.3, 0.4) is 0 Å². The average molecular weight is 402 g/mol. The van der Waals surface area contributed by atoms with Crippen LogP contribution in [0.2, 0.25) is 0 Å². The van der Waals surface area contributed by atoms with Gasteiger partial charge in [-0.1, -0.05) is 19.9 Å². The zero-order chi connectivity index (χ0) is 19.5. The van der Waals surface area contributed by atoms with Crippen molar-refractivity contribution >= 4 is 22.4 Å². The summed E-state index contributed by atoms with van der Waals surface area (Å²) in [6, 6.07) is 5.81. The molecule has 1 amide bonds. The number of carbonyl (C=O) groups excluding carboxylic acids is 1. The second kappa shape index (κ2) is 8.49. The van der Waals surface area contributed by atoms with Gasteiger partial charge in [0.15, 0.2) is 16.6 Å². The topological polar surface area (TPSA) is 63.7 Å².